The molecule has 4 aliphatic rings. The minimum Gasteiger partial charge on any atom is -0.377 e. The van der Waals surface area contributed by atoms with E-state index >= 15 is 0 Å². The predicted octanol–water partition coefficient (Wildman–Crippen LogP) is 2.53. The van der Waals surface area contributed by atoms with Crippen LogP contribution in [0.3, 0.4) is 0 Å². The molecule has 2 N–H and O–H groups in total. The number of fused-ring (bicyclic) bond motifs is 2. The third kappa shape index (κ3) is 2.37. The molecule has 2 heterocycles. The minimum absolute atomic E-state index is 0.0455. The smallest absolute Gasteiger partial charge is 0.315 e. The second-order valence-electron chi connectivity index (χ2n) is 7.15. The highest BCUT2D eigenvalue weighted by Gasteiger charge is 2.65. The van der Waals surface area contributed by atoms with Gasteiger partial charge in [0.25, 0.3) is 0 Å². The summed E-state index contributed by atoms with van der Waals surface area (Å²) in [6.45, 7) is 1.70. The van der Waals surface area contributed by atoms with Gasteiger partial charge in [-0.1, -0.05) is 12.8 Å². The summed E-state index contributed by atoms with van der Waals surface area (Å²) in [6.07, 6.45) is 9.15. The monoisotopic (exact) mass is 310 g/mol. The van der Waals surface area contributed by atoms with Gasteiger partial charge >= 0.3 is 6.03 Å². The first-order chi connectivity index (χ1) is 10.3. The van der Waals surface area contributed by atoms with E-state index in [4.69, 9.17) is 4.74 Å². The zero-order valence-electron chi connectivity index (χ0n) is 12.6. The molecule has 0 unspecified atom stereocenters. The first kappa shape index (κ1) is 14.2. The predicted molar refractivity (Wildman–Crippen MR) is 84.6 cm³/mol. The molecule has 2 saturated heterocycles. The summed E-state index contributed by atoms with van der Waals surface area (Å²) in [5.74, 6) is 1.82. The molecule has 5 heteroatoms. The third-order valence-electron chi connectivity index (χ3n) is 6.09. The standard InChI is InChI=1S/C16H26N2O2S/c19-15(17-10-11-4-3-9-21-11)18-13-12-5-8-20-14(12)16(13)6-1-2-7-16/h11-14H,1-10H2,(H2,17,18,19)/t11-,12-,13-,14-/m0/s1. The summed E-state index contributed by atoms with van der Waals surface area (Å²) in [7, 11) is 0. The molecule has 4 nitrogen and oxygen atoms in total. The molecule has 4 atom stereocenters. The van der Waals surface area contributed by atoms with Crippen molar-refractivity contribution >= 4 is 17.8 Å². The van der Waals surface area contributed by atoms with Crippen LogP contribution in [0.2, 0.25) is 0 Å². The Morgan fingerprint density at radius 3 is 2.86 bits per heavy atom. The molecule has 0 aromatic carbocycles. The van der Waals surface area contributed by atoms with Crippen molar-refractivity contribution in [3.05, 3.63) is 0 Å². The van der Waals surface area contributed by atoms with E-state index in [-0.39, 0.29) is 11.4 Å². The number of hydrogen-bond donors (Lipinski definition) is 2. The summed E-state index contributed by atoms with van der Waals surface area (Å²) < 4.78 is 5.97. The van der Waals surface area contributed by atoms with Crippen molar-refractivity contribution in [1.82, 2.24) is 10.6 Å². The molecule has 2 saturated carbocycles. The van der Waals surface area contributed by atoms with Gasteiger partial charge in [-0.25, -0.2) is 4.79 Å². The van der Waals surface area contributed by atoms with Gasteiger partial charge < -0.3 is 15.4 Å². The Balaban J connectivity index is 1.33. The minimum atomic E-state index is 0.0455. The summed E-state index contributed by atoms with van der Waals surface area (Å²) in [6, 6.07) is 0.396. The average Bonchev–Trinajstić information content (AvgIpc) is 3.22. The molecule has 21 heavy (non-hydrogen) atoms. The number of ether oxygens (including phenoxy) is 1. The van der Waals surface area contributed by atoms with Gasteiger partial charge in [0, 0.05) is 35.8 Å². The van der Waals surface area contributed by atoms with E-state index in [0.717, 1.165) is 19.6 Å². The van der Waals surface area contributed by atoms with E-state index in [2.05, 4.69) is 10.6 Å². The van der Waals surface area contributed by atoms with Crippen molar-refractivity contribution < 1.29 is 9.53 Å². The van der Waals surface area contributed by atoms with Crippen molar-refractivity contribution in [3.63, 3.8) is 0 Å². The largest absolute Gasteiger partial charge is 0.377 e. The topological polar surface area (TPSA) is 50.4 Å². The number of hydrogen-bond acceptors (Lipinski definition) is 3. The maximum Gasteiger partial charge on any atom is 0.315 e. The van der Waals surface area contributed by atoms with Crippen LogP contribution in [0.25, 0.3) is 0 Å². The lowest BCUT2D eigenvalue weighted by Gasteiger charge is -2.56. The average molecular weight is 310 g/mol. The van der Waals surface area contributed by atoms with Crippen LogP contribution in [0.15, 0.2) is 0 Å². The van der Waals surface area contributed by atoms with Gasteiger partial charge in [0.2, 0.25) is 0 Å². The number of rotatable bonds is 3. The fourth-order valence-corrected chi connectivity index (χ4v) is 6.31. The normalized spacial score (nSPS) is 40.0. The number of carbonyl (C=O) groups is 1. The Labute approximate surface area is 131 Å². The summed E-state index contributed by atoms with van der Waals surface area (Å²) in [5, 5.41) is 7.03. The molecule has 2 amide bonds. The quantitative estimate of drug-likeness (QED) is 0.842. The van der Waals surface area contributed by atoms with Gasteiger partial charge in [0.1, 0.15) is 0 Å². The van der Waals surface area contributed by atoms with Crippen LogP contribution < -0.4 is 10.6 Å². The van der Waals surface area contributed by atoms with Gasteiger partial charge in [-0.3, -0.25) is 0 Å². The first-order valence-electron chi connectivity index (χ1n) is 8.57. The molecule has 0 radical (unpaired) electrons. The number of urea groups is 1. The number of nitrogens with one attached hydrogen (secondary N) is 2. The highest BCUT2D eigenvalue weighted by molar-refractivity contribution is 8.00. The van der Waals surface area contributed by atoms with Crippen molar-refractivity contribution in [3.8, 4) is 0 Å². The summed E-state index contributed by atoms with van der Waals surface area (Å²) >= 11 is 1.99. The van der Waals surface area contributed by atoms with Crippen LogP contribution in [-0.4, -0.2) is 42.3 Å². The Bertz CT molecular complexity index is 405. The highest BCUT2D eigenvalue weighted by atomic mass is 32.2. The van der Waals surface area contributed by atoms with E-state index in [9.17, 15) is 4.79 Å². The third-order valence-corrected chi connectivity index (χ3v) is 7.49. The lowest BCUT2D eigenvalue weighted by Crippen LogP contribution is -2.69. The highest BCUT2D eigenvalue weighted by Crippen LogP contribution is 2.60. The number of carbonyl (C=O) groups excluding carboxylic acids is 1. The molecular formula is C16H26N2O2S. The van der Waals surface area contributed by atoms with Crippen molar-refractivity contribution in [1.29, 1.82) is 0 Å². The second-order valence-corrected chi connectivity index (χ2v) is 8.56. The lowest BCUT2D eigenvalue weighted by molar-refractivity contribution is -0.126. The van der Waals surface area contributed by atoms with Gasteiger partial charge in [0.15, 0.2) is 0 Å². The Morgan fingerprint density at radius 1 is 1.24 bits per heavy atom. The SMILES string of the molecule is O=C(NC[C@@H]1CCCS1)N[C@H]1[C@@H]2CCO[C@@H]2C12CCCC2. The van der Waals surface area contributed by atoms with E-state index in [0.29, 0.717) is 23.3 Å². The molecule has 2 aliphatic carbocycles. The van der Waals surface area contributed by atoms with Gasteiger partial charge in [0.05, 0.1) is 6.10 Å². The summed E-state index contributed by atoms with van der Waals surface area (Å²) in [4.78, 5) is 12.3. The fourth-order valence-electron chi connectivity index (χ4n) is 5.11. The summed E-state index contributed by atoms with van der Waals surface area (Å²) in [5.41, 5.74) is 0.264. The molecule has 118 valence electrons. The van der Waals surface area contributed by atoms with Crippen molar-refractivity contribution in [2.24, 2.45) is 11.3 Å². The number of amides is 2. The maximum atomic E-state index is 12.3. The second kappa shape index (κ2) is 5.65. The fraction of sp³-hybridized carbons (Fsp3) is 0.938. The molecule has 4 rings (SSSR count). The van der Waals surface area contributed by atoms with Crippen molar-refractivity contribution in [2.45, 2.75) is 62.3 Å². The molecule has 0 bridgehead atoms. The van der Waals surface area contributed by atoms with Crippen LogP contribution in [0.5, 0.6) is 0 Å². The van der Waals surface area contributed by atoms with Crippen LogP contribution in [-0.2, 0) is 4.74 Å². The Hall–Kier alpha value is -0.420. The van der Waals surface area contributed by atoms with Gasteiger partial charge in [-0.05, 0) is 37.9 Å². The molecular weight excluding hydrogens is 284 g/mol. The number of thioether (sulfide) groups is 1. The van der Waals surface area contributed by atoms with Crippen LogP contribution in [0, 0.1) is 11.3 Å². The first-order valence-corrected chi connectivity index (χ1v) is 9.62. The maximum absolute atomic E-state index is 12.3. The van der Waals surface area contributed by atoms with E-state index in [1.807, 2.05) is 11.8 Å². The van der Waals surface area contributed by atoms with Crippen LogP contribution in [0.4, 0.5) is 4.79 Å². The van der Waals surface area contributed by atoms with E-state index in [1.165, 1.54) is 44.3 Å². The zero-order valence-corrected chi connectivity index (χ0v) is 13.4. The van der Waals surface area contributed by atoms with E-state index in [1.54, 1.807) is 0 Å². The molecule has 4 fully saturated rings. The van der Waals surface area contributed by atoms with Gasteiger partial charge in [-0.15, -0.1) is 0 Å². The molecule has 2 aliphatic heterocycles. The molecule has 0 aromatic rings. The van der Waals surface area contributed by atoms with Gasteiger partial charge in [-0.2, -0.15) is 11.8 Å². The Morgan fingerprint density at radius 2 is 2.10 bits per heavy atom. The van der Waals surface area contributed by atoms with Crippen LogP contribution in [0.1, 0.15) is 44.9 Å². The Kier molecular flexibility index (Phi) is 3.82. The van der Waals surface area contributed by atoms with E-state index < -0.39 is 0 Å². The zero-order chi connectivity index (χ0) is 14.3. The molecule has 1 spiro atoms. The van der Waals surface area contributed by atoms with Crippen molar-refractivity contribution in [2.75, 3.05) is 18.9 Å². The lowest BCUT2D eigenvalue weighted by atomic mass is 9.54. The van der Waals surface area contributed by atoms with Crippen LogP contribution >= 0.6 is 11.8 Å². The molecule has 0 aromatic heterocycles.